The fourth-order valence-corrected chi connectivity index (χ4v) is 1.81. The van der Waals surface area contributed by atoms with E-state index in [2.05, 4.69) is 40.8 Å². The van der Waals surface area contributed by atoms with E-state index in [1.54, 1.807) is 50.6 Å². The average Bonchev–Trinajstić information content (AvgIpc) is 3.67. The van der Waals surface area contributed by atoms with Gasteiger partial charge in [0.2, 0.25) is 0 Å². The van der Waals surface area contributed by atoms with Crippen molar-refractivity contribution in [3.63, 3.8) is 0 Å². The van der Waals surface area contributed by atoms with E-state index in [0.29, 0.717) is 0 Å². The Hall–Kier alpha value is -4.59. The molecule has 0 saturated carbocycles. The molecule has 0 spiro atoms. The van der Waals surface area contributed by atoms with Gasteiger partial charge < -0.3 is 58.7 Å². The van der Waals surface area contributed by atoms with Gasteiger partial charge >= 0.3 is 39.0 Å². The number of aryl methyl sites for hydroxylation is 4. The molecule has 0 aromatic carbocycles. The predicted octanol–water partition coefficient (Wildman–Crippen LogP) is 0.137. The van der Waals surface area contributed by atoms with Crippen LogP contribution in [-0.2, 0) is 65.1 Å². The van der Waals surface area contributed by atoms with Crippen LogP contribution in [0.2, 0.25) is 0 Å². The summed E-state index contributed by atoms with van der Waals surface area (Å²) >= 11 is 0. The van der Waals surface area contributed by atoms with Gasteiger partial charge in [-0.25, -0.2) is 0 Å². The zero-order valence-corrected chi connectivity index (χ0v) is 25.2. The molecule has 0 atom stereocenters. The molecule has 0 amide bonds. The molecule has 4 aromatic rings. The van der Waals surface area contributed by atoms with Gasteiger partial charge in [-0.15, -0.1) is 62.2 Å². The Labute approximate surface area is 236 Å². The van der Waals surface area contributed by atoms with Gasteiger partial charge in [-0.2, -0.15) is 0 Å². The Balaban J connectivity index is -0.000000209. The first kappa shape index (κ1) is 40.6. The number of nitrogens with zero attached hydrogens (tertiary/aromatic N) is 16. The van der Waals surface area contributed by atoms with Crippen LogP contribution in [0.25, 0.3) is 0 Å². The molecule has 0 saturated heterocycles. The second-order valence-corrected chi connectivity index (χ2v) is 5.10. The van der Waals surface area contributed by atoms with Gasteiger partial charge in [-0.1, -0.05) is 0 Å². The zero-order chi connectivity index (χ0) is 27.3. The van der Waals surface area contributed by atoms with E-state index >= 15 is 0 Å². The van der Waals surface area contributed by atoms with E-state index < -0.39 is 0 Å². The third kappa shape index (κ3) is 26.0. The van der Waals surface area contributed by atoms with Crippen LogP contribution in [0.5, 0.6) is 0 Å². The van der Waals surface area contributed by atoms with E-state index in [9.17, 15) is 0 Å². The maximum absolute atomic E-state index is 8.00. The Bertz CT molecular complexity index is 814. The molecule has 26 heteroatoms. The van der Waals surface area contributed by atoms with Gasteiger partial charge in [0.05, 0.1) is 0 Å². The minimum Gasteiger partial charge on any atom is -0.444 e. The standard InChI is InChI=1S/2C6H8N6.4HNO2.2Zn/c2*1(11-3-7-8-4-11)2-12-5-9-10-6-12;4*2-1-3;;/h2*3-6H,1-2H2;4*(H,2,3);;/q;;;;;;2*+2/p-4. The molecule has 0 fully saturated rings. The Morgan fingerprint density at radius 2 is 0.500 bits per heavy atom. The van der Waals surface area contributed by atoms with Crippen LogP contribution >= 0.6 is 0 Å². The summed E-state index contributed by atoms with van der Waals surface area (Å²) in [5, 5.41) is 65.6. The first-order valence-electron chi connectivity index (χ1n) is 8.66. The number of hydrogen-bond acceptors (Lipinski definition) is 20. The molecule has 0 aliphatic carbocycles. The van der Waals surface area contributed by atoms with Crippen LogP contribution in [0.4, 0.5) is 0 Å². The van der Waals surface area contributed by atoms with Crippen molar-refractivity contribution >= 4 is 0 Å². The van der Waals surface area contributed by atoms with Crippen molar-refractivity contribution in [3.05, 3.63) is 91.1 Å². The molecule has 24 nitrogen and oxygen atoms in total. The fourth-order valence-electron chi connectivity index (χ4n) is 1.81. The van der Waals surface area contributed by atoms with E-state index in [0.717, 1.165) is 47.5 Å². The second kappa shape index (κ2) is 32.4. The van der Waals surface area contributed by atoms with Crippen molar-refractivity contribution in [1.82, 2.24) is 59.1 Å². The molecular formula is C12H16N16O8Zn2. The van der Waals surface area contributed by atoms with E-state index in [1.165, 1.54) is 0 Å². The average molecular weight is 643 g/mol. The Morgan fingerprint density at radius 3 is 0.605 bits per heavy atom. The van der Waals surface area contributed by atoms with Crippen molar-refractivity contribution in [1.29, 1.82) is 0 Å². The van der Waals surface area contributed by atoms with Gasteiger partial charge in [0.25, 0.3) is 0 Å². The van der Waals surface area contributed by atoms with Crippen molar-refractivity contribution in [2.45, 2.75) is 26.2 Å². The maximum Gasteiger partial charge on any atom is 2.00 e. The van der Waals surface area contributed by atoms with Crippen LogP contribution < -0.4 is 0 Å². The van der Waals surface area contributed by atoms with Crippen molar-refractivity contribution in [2.75, 3.05) is 0 Å². The quantitative estimate of drug-likeness (QED) is 0.153. The molecule has 38 heavy (non-hydrogen) atoms. The van der Waals surface area contributed by atoms with Gasteiger partial charge in [0.1, 0.15) is 50.6 Å². The molecule has 0 unspecified atom stereocenters. The molecule has 0 aliphatic heterocycles. The normalized spacial score (nSPS) is 7.79. The minimum atomic E-state index is 0. The number of hydrogen-bond donors (Lipinski definition) is 0. The molecule has 0 N–H and O–H groups in total. The molecule has 0 bridgehead atoms. The van der Waals surface area contributed by atoms with E-state index in [-0.39, 0.29) is 39.0 Å². The van der Waals surface area contributed by atoms with E-state index in [4.69, 9.17) is 40.5 Å². The SMILES string of the molecule is O=N[O-].O=N[O-].O=N[O-].O=N[O-].[Zn+2].[Zn+2].c1nncn1CCn1cnnc1.c1nncn1CCn1cnnc1. The Kier molecular flexibility index (Phi) is 34.6. The molecule has 196 valence electrons. The summed E-state index contributed by atoms with van der Waals surface area (Å²) in [4.78, 5) is 32.0. The first-order chi connectivity index (χ1) is 17.6. The predicted molar refractivity (Wildman–Crippen MR) is 117 cm³/mol. The van der Waals surface area contributed by atoms with Crippen molar-refractivity contribution < 1.29 is 39.0 Å². The van der Waals surface area contributed by atoms with E-state index in [1.807, 2.05) is 18.3 Å². The monoisotopic (exact) mass is 640 g/mol. The molecule has 4 aromatic heterocycles. The smallest absolute Gasteiger partial charge is 0.444 e. The van der Waals surface area contributed by atoms with Crippen molar-refractivity contribution in [2.24, 2.45) is 21.4 Å². The largest absolute Gasteiger partial charge is 2.00 e. The summed E-state index contributed by atoms with van der Waals surface area (Å²) in [5.41, 5.74) is 0. The summed E-state index contributed by atoms with van der Waals surface area (Å²) in [6.45, 7) is 3.35. The summed E-state index contributed by atoms with van der Waals surface area (Å²) in [7, 11) is 0. The van der Waals surface area contributed by atoms with Gasteiger partial charge in [-0.3, -0.25) is 0 Å². The van der Waals surface area contributed by atoms with Crippen LogP contribution in [0.1, 0.15) is 0 Å². The molecule has 4 heterocycles. The summed E-state index contributed by atoms with van der Waals surface area (Å²) < 4.78 is 7.61. The summed E-state index contributed by atoms with van der Waals surface area (Å²) in [6.07, 6.45) is 13.5. The molecule has 4 rings (SSSR count). The van der Waals surface area contributed by atoms with Crippen molar-refractivity contribution in [3.8, 4) is 0 Å². The first-order valence-corrected chi connectivity index (χ1v) is 8.66. The fraction of sp³-hybridized carbons (Fsp3) is 0.333. The Morgan fingerprint density at radius 1 is 0.395 bits per heavy atom. The summed E-state index contributed by atoms with van der Waals surface area (Å²) in [5.74, 6) is 0. The van der Waals surface area contributed by atoms with Gasteiger partial charge in [0.15, 0.2) is 0 Å². The number of rotatable bonds is 6. The molecular weight excluding hydrogens is 627 g/mol. The summed E-state index contributed by atoms with van der Waals surface area (Å²) in [6, 6.07) is 0. The van der Waals surface area contributed by atoms with Crippen LogP contribution in [0.3, 0.4) is 0 Å². The minimum absolute atomic E-state index is 0. The third-order valence-electron chi connectivity index (χ3n) is 3.10. The molecule has 0 aliphatic rings. The number of aromatic nitrogens is 12. The van der Waals surface area contributed by atoms with Crippen LogP contribution in [-0.4, -0.2) is 59.1 Å². The van der Waals surface area contributed by atoms with Gasteiger partial charge in [0, 0.05) is 26.2 Å². The second-order valence-electron chi connectivity index (χ2n) is 5.10. The third-order valence-corrected chi connectivity index (χ3v) is 3.10. The molecule has 0 radical (unpaired) electrons. The maximum atomic E-state index is 8.00. The zero-order valence-electron chi connectivity index (χ0n) is 19.3. The topological polar surface area (TPSA) is 333 Å². The van der Waals surface area contributed by atoms with Crippen LogP contribution in [0.15, 0.2) is 72.0 Å². The van der Waals surface area contributed by atoms with Crippen LogP contribution in [0, 0.1) is 40.5 Å². The van der Waals surface area contributed by atoms with Gasteiger partial charge in [-0.05, 0) is 0 Å².